The molecule has 9 heavy (non-hydrogen) atoms. The van der Waals surface area contributed by atoms with E-state index in [0.29, 0.717) is 13.2 Å². The van der Waals surface area contributed by atoms with Crippen molar-refractivity contribution in [1.29, 1.82) is 0 Å². The highest BCUT2D eigenvalue weighted by Crippen LogP contribution is 1.98. The maximum atomic E-state index is 5.30. The number of rotatable bonds is 4. The molecule has 0 bridgehead atoms. The number of methoxy groups -OCH3 is 1. The SMILES string of the molecule is CC/C(=C\CN)COC. The molecule has 0 aliphatic rings. The fourth-order valence-electron chi connectivity index (χ4n) is 0.657. The van der Waals surface area contributed by atoms with E-state index in [9.17, 15) is 0 Å². The number of hydrogen-bond acceptors (Lipinski definition) is 2. The molecule has 2 nitrogen and oxygen atoms in total. The quantitative estimate of drug-likeness (QED) is 0.573. The second-order valence-corrected chi connectivity index (χ2v) is 1.88. The van der Waals surface area contributed by atoms with Crippen molar-refractivity contribution in [2.24, 2.45) is 5.73 Å². The van der Waals surface area contributed by atoms with E-state index in [1.165, 1.54) is 5.57 Å². The summed E-state index contributed by atoms with van der Waals surface area (Å²) in [7, 11) is 1.69. The first kappa shape index (κ1) is 8.66. The van der Waals surface area contributed by atoms with Gasteiger partial charge in [-0.05, 0) is 12.0 Å². The zero-order valence-electron chi connectivity index (χ0n) is 6.18. The van der Waals surface area contributed by atoms with Crippen molar-refractivity contribution in [2.75, 3.05) is 20.3 Å². The molecular weight excluding hydrogens is 114 g/mol. The lowest BCUT2D eigenvalue weighted by molar-refractivity contribution is 0.223. The highest BCUT2D eigenvalue weighted by Gasteiger charge is 1.89. The normalized spacial score (nSPS) is 12.1. The third kappa shape index (κ3) is 4.18. The Labute approximate surface area is 56.7 Å². The van der Waals surface area contributed by atoms with Gasteiger partial charge in [-0.25, -0.2) is 0 Å². The van der Waals surface area contributed by atoms with Crippen LogP contribution in [0, 0.1) is 0 Å². The van der Waals surface area contributed by atoms with E-state index in [2.05, 4.69) is 6.92 Å². The average Bonchev–Trinajstić information content (AvgIpc) is 1.88. The second kappa shape index (κ2) is 5.79. The molecule has 0 rings (SSSR count). The van der Waals surface area contributed by atoms with E-state index in [-0.39, 0.29) is 0 Å². The molecular formula is C7H15NO. The summed E-state index contributed by atoms with van der Waals surface area (Å²) in [5.41, 5.74) is 6.58. The number of nitrogens with two attached hydrogens (primary N) is 1. The Bertz CT molecular complexity index is 88.9. The summed E-state index contributed by atoms with van der Waals surface area (Å²) in [6, 6.07) is 0. The maximum absolute atomic E-state index is 5.30. The van der Waals surface area contributed by atoms with Crippen molar-refractivity contribution < 1.29 is 4.74 Å². The molecule has 0 aromatic rings. The summed E-state index contributed by atoms with van der Waals surface area (Å²) in [4.78, 5) is 0. The first-order valence-corrected chi connectivity index (χ1v) is 3.22. The van der Waals surface area contributed by atoms with Crippen LogP contribution in [0.1, 0.15) is 13.3 Å². The maximum Gasteiger partial charge on any atom is 0.0673 e. The molecule has 0 radical (unpaired) electrons. The standard InChI is InChI=1S/C7H15NO/c1-3-7(4-5-8)6-9-2/h4H,3,5-6,8H2,1-2H3/b7-4+. The van der Waals surface area contributed by atoms with E-state index < -0.39 is 0 Å². The summed E-state index contributed by atoms with van der Waals surface area (Å²) < 4.78 is 4.92. The molecule has 0 aliphatic heterocycles. The molecule has 0 amide bonds. The first-order valence-electron chi connectivity index (χ1n) is 3.22. The molecule has 0 aromatic heterocycles. The minimum atomic E-state index is 0.618. The van der Waals surface area contributed by atoms with Crippen molar-refractivity contribution in [1.82, 2.24) is 0 Å². The number of ether oxygens (including phenoxy) is 1. The lowest BCUT2D eigenvalue weighted by atomic mass is 10.2. The molecule has 0 saturated carbocycles. The predicted molar refractivity (Wildman–Crippen MR) is 39.3 cm³/mol. The van der Waals surface area contributed by atoms with Crippen LogP contribution in [-0.2, 0) is 4.74 Å². The van der Waals surface area contributed by atoms with E-state index in [4.69, 9.17) is 10.5 Å². The number of hydrogen-bond donors (Lipinski definition) is 1. The van der Waals surface area contributed by atoms with Crippen molar-refractivity contribution in [3.8, 4) is 0 Å². The molecule has 2 heteroatoms. The largest absolute Gasteiger partial charge is 0.380 e. The van der Waals surface area contributed by atoms with Crippen molar-refractivity contribution in [2.45, 2.75) is 13.3 Å². The van der Waals surface area contributed by atoms with Crippen LogP contribution in [0.4, 0.5) is 0 Å². The minimum absolute atomic E-state index is 0.618. The van der Waals surface area contributed by atoms with Crippen LogP contribution in [0.25, 0.3) is 0 Å². The molecule has 0 fully saturated rings. The van der Waals surface area contributed by atoms with Gasteiger partial charge in [-0.15, -0.1) is 0 Å². The molecule has 0 atom stereocenters. The summed E-state index contributed by atoms with van der Waals surface area (Å²) in [5.74, 6) is 0. The Kier molecular flexibility index (Phi) is 5.57. The molecule has 54 valence electrons. The van der Waals surface area contributed by atoms with E-state index in [1.54, 1.807) is 7.11 Å². The monoisotopic (exact) mass is 129 g/mol. The Hall–Kier alpha value is -0.340. The van der Waals surface area contributed by atoms with Gasteiger partial charge in [0.15, 0.2) is 0 Å². The smallest absolute Gasteiger partial charge is 0.0673 e. The average molecular weight is 129 g/mol. The van der Waals surface area contributed by atoms with Gasteiger partial charge in [-0.3, -0.25) is 0 Å². The lowest BCUT2D eigenvalue weighted by Gasteiger charge is -2.00. The van der Waals surface area contributed by atoms with Gasteiger partial charge in [-0.1, -0.05) is 13.0 Å². The second-order valence-electron chi connectivity index (χ2n) is 1.88. The highest BCUT2D eigenvalue weighted by atomic mass is 16.5. The van der Waals surface area contributed by atoms with E-state index in [1.807, 2.05) is 6.08 Å². The highest BCUT2D eigenvalue weighted by molar-refractivity contribution is 5.01. The fraction of sp³-hybridized carbons (Fsp3) is 0.714. The third-order valence-corrected chi connectivity index (χ3v) is 1.19. The van der Waals surface area contributed by atoms with Crippen LogP contribution in [0.5, 0.6) is 0 Å². The third-order valence-electron chi connectivity index (χ3n) is 1.19. The van der Waals surface area contributed by atoms with Crippen LogP contribution in [0.3, 0.4) is 0 Å². The van der Waals surface area contributed by atoms with Gasteiger partial charge in [0.25, 0.3) is 0 Å². The zero-order valence-corrected chi connectivity index (χ0v) is 6.18. The Morgan fingerprint density at radius 2 is 2.33 bits per heavy atom. The fourth-order valence-corrected chi connectivity index (χ4v) is 0.657. The van der Waals surface area contributed by atoms with Crippen LogP contribution in [-0.4, -0.2) is 20.3 Å². The van der Waals surface area contributed by atoms with Crippen molar-refractivity contribution in [3.05, 3.63) is 11.6 Å². The summed E-state index contributed by atoms with van der Waals surface area (Å²) in [5, 5.41) is 0. The summed E-state index contributed by atoms with van der Waals surface area (Å²) in [6.07, 6.45) is 3.04. The Balaban J connectivity index is 3.53. The molecule has 0 aliphatic carbocycles. The molecule has 0 unspecified atom stereocenters. The van der Waals surface area contributed by atoms with Gasteiger partial charge >= 0.3 is 0 Å². The molecule has 0 spiro atoms. The van der Waals surface area contributed by atoms with Gasteiger partial charge in [0.1, 0.15) is 0 Å². The molecule has 0 heterocycles. The van der Waals surface area contributed by atoms with Crippen LogP contribution < -0.4 is 5.73 Å². The van der Waals surface area contributed by atoms with Gasteiger partial charge in [0.05, 0.1) is 6.61 Å². The molecule has 0 aromatic carbocycles. The van der Waals surface area contributed by atoms with Crippen LogP contribution in [0.2, 0.25) is 0 Å². The van der Waals surface area contributed by atoms with Crippen molar-refractivity contribution >= 4 is 0 Å². The van der Waals surface area contributed by atoms with Gasteiger partial charge in [0.2, 0.25) is 0 Å². The van der Waals surface area contributed by atoms with Crippen LogP contribution in [0.15, 0.2) is 11.6 Å². The van der Waals surface area contributed by atoms with Gasteiger partial charge < -0.3 is 10.5 Å². The predicted octanol–water partition coefficient (Wildman–Crippen LogP) is 0.928. The lowest BCUT2D eigenvalue weighted by Crippen LogP contribution is -1.99. The summed E-state index contributed by atoms with van der Waals surface area (Å²) in [6.45, 7) is 3.43. The van der Waals surface area contributed by atoms with E-state index in [0.717, 1.165) is 6.42 Å². The van der Waals surface area contributed by atoms with Gasteiger partial charge in [-0.2, -0.15) is 0 Å². The molecule has 0 saturated heterocycles. The van der Waals surface area contributed by atoms with Crippen LogP contribution >= 0.6 is 0 Å². The topological polar surface area (TPSA) is 35.2 Å². The zero-order chi connectivity index (χ0) is 7.11. The first-order chi connectivity index (χ1) is 4.35. The Morgan fingerprint density at radius 3 is 2.67 bits per heavy atom. The van der Waals surface area contributed by atoms with Gasteiger partial charge in [0, 0.05) is 13.7 Å². The summed E-state index contributed by atoms with van der Waals surface area (Å²) >= 11 is 0. The van der Waals surface area contributed by atoms with Crippen molar-refractivity contribution in [3.63, 3.8) is 0 Å². The van der Waals surface area contributed by atoms with E-state index >= 15 is 0 Å². The molecule has 2 N–H and O–H groups in total. The Morgan fingerprint density at radius 1 is 1.67 bits per heavy atom. The minimum Gasteiger partial charge on any atom is -0.380 e.